The lowest BCUT2D eigenvalue weighted by atomic mass is 10.2. The normalized spacial score (nSPS) is 12.8. The zero-order valence-electron chi connectivity index (χ0n) is 26.7. The lowest BCUT2D eigenvalue weighted by molar-refractivity contribution is -0.133. The Morgan fingerprint density at radius 2 is 1.36 bits per heavy atom. The van der Waals surface area contributed by atoms with E-state index in [4.69, 9.17) is 14.6 Å². The molecule has 0 fully saturated rings. The van der Waals surface area contributed by atoms with Gasteiger partial charge in [-0.25, -0.2) is 9.59 Å². The Bertz CT molecular complexity index is 1180. The van der Waals surface area contributed by atoms with E-state index in [0.29, 0.717) is 13.0 Å². The second-order valence-electron chi connectivity index (χ2n) is 9.91. The number of allylic oxidation sites excluding steroid dienone is 12. The highest BCUT2D eigenvalue weighted by Gasteiger charge is 2.16. The number of aromatic hydroxyl groups is 1. The van der Waals surface area contributed by atoms with Gasteiger partial charge in [-0.15, -0.1) is 0 Å². The Balaban J connectivity index is 2.10. The van der Waals surface area contributed by atoms with Crippen LogP contribution in [0, 0.1) is 0 Å². The molecule has 0 aliphatic rings. The lowest BCUT2D eigenvalue weighted by Crippen LogP contribution is -2.38. The zero-order valence-corrected chi connectivity index (χ0v) is 26.7. The topological polar surface area (TPSA) is 134 Å². The number of aromatic carboxylic acids is 1. The van der Waals surface area contributed by atoms with Crippen LogP contribution in [0.15, 0.2) is 91.1 Å². The van der Waals surface area contributed by atoms with Gasteiger partial charge in [0.05, 0.1) is 6.54 Å². The van der Waals surface area contributed by atoms with E-state index in [0.717, 1.165) is 63.5 Å². The van der Waals surface area contributed by atoms with Crippen molar-refractivity contribution in [3.05, 3.63) is 96.7 Å². The second kappa shape index (κ2) is 26.1. The number of hydrogen-bond acceptors (Lipinski definition) is 6. The third-order valence-electron chi connectivity index (χ3n) is 6.20. The molecule has 1 atom stereocenters. The number of ether oxygens (including phenoxy) is 2. The molecule has 0 aromatic heterocycles. The van der Waals surface area contributed by atoms with Crippen molar-refractivity contribution >= 4 is 23.7 Å². The van der Waals surface area contributed by atoms with Crippen LogP contribution < -0.4 is 10.6 Å². The molecule has 1 aromatic carbocycles. The molecular weight excluding hydrogens is 572 g/mol. The number of rotatable bonds is 23. The fraction of sp³-hybridized carbons (Fsp3) is 0.417. The minimum absolute atomic E-state index is 0.0828. The van der Waals surface area contributed by atoms with Crippen molar-refractivity contribution in [2.45, 2.75) is 77.7 Å². The molecule has 1 rings (SSSR count). The molecular formula is C36H50N2O7. The third kappa shape index (κ3) is 20.3. The Labute approximate surface area is 268 Å². The van der Waals surface area contributed by atoms with Crippen molar-refractivity contribution in [2.24, 2.45) is 0 Å². The Hall–Kier alpha value is -4.37. The first-order valence-electron chi connectivity index (χ1n) is 15.7. The van der Waals surface area contributed by atoms with Crippen molar-refractivity contribution in [1.82, 2.24) is 5.32 Å². The molecule has 0 aliphatic carbocycles. The van der Waals surface area contributed by atoms with E-state index in [1.165, 1.54) is 6.07 Å². The van der Waals surface area contributed by atoms with Crippen LogP contribution in [0.3, 0.4) is 0 Å². The predicted molar refractivity (Wildman–Crippen MR) is 181 cm³/mol. The van der Waals surface area contributed by atoms with Gasteiger partial charge in [-0.3, -0.25) is 10.1 Å². The highest BCUT2D eigenvalue weighted by molar-refractivity contribution is 5.94. The maximum absolute atomic E-state index is 12.4. The van der Waals surface area contributed by atoms with E-state index in [2.05, 4.69) is 90.5 Å². The van der Waals surface area contributed by atoms with Crippen LogP contribution in [0.5, 0.6) is 5.75 Å². The average Bonchev–Trinajstić information content (AvgIpc) is 3.02. The molecule has 1 aromatic rings. The van der Waals surface area contributed by atoms with Gasteiger partial charge in [0, 0.05) is 12.3 Å². The highest BCUT2D eigenvalue weighted by atomic mass is 16.5. The molecule has 0 saturated carbocycles. The number of amides is 2. The number of carbonyl (C=O) groups is 3. The number of phenols is 1. The quantitative estimate of drug-likeness (QED) is 0.0551. The first kappa shape index (κ1) is 38.7. The van der Waals surface area contributed by atoms with E-state index >= 15 is 0 Å². The summed E-state index contributed by atoms with van der Waals surface area (Å²) in [6, 6.07) is 3.62. The fourth-order valence-electron chi connectivity index (χ4n) is 3.82. The first-order chi connectivity index (χ1) is 21.9. The van der Waals surface area contributed by atoms with Gasteiger partial charge in [-0.2, -0.15) is 0 Å². The van der Waals surface area contributed by atoms with Gasteiger partial charge in [0.15, 0.2) is 0 Å². The average molecular weight is 623 g/mol. The van der Waals surface area contributed by atoms with Crippen LogP contribution in [0.1, 0.15) is 82.0 Å². The molecule has 0 heterocycles. The first-order valence-corrected chi connectivity index (χ1v) is 15.7. The van der Waals surface area contributed by atoms with Gasteiger partial charge in [0.25, 0.3) is 0 Å². The van der Waals surface area contributed by atoms with E-state index in [1.54, 1.807) is 0 Å². The van der Waals surface area contributed by atoms with Gasteiger partial charge in [-0.1, -0.05) is 86.8 Å². The predicted octanol–water partition coefficient (Wildman–Crippen LogP) is 8.03. The molecule has 2 amide bonds. The molecule has 0 spiro atoms. The number of benzene rings is 1. The Morgan fingerprint density at radius 1 is 0.800 bits per heavy atom. The Kier molecular flexibility index (Phi) is 22.4. The minimum Gasteiger partial charge on any atom is -0.507 e. The number of carboxylic acids is 1. The molecule has 0 aliphatic heterocycles. The van der Waals surface area contributed by atoms with Gasteiger partial charge >= 0.3 is 12.1 Å². The number of carboxylic acid groups (broad SMARTS) is 1. The molecule has 0 radical (unpaired) electrons. The molecule has 1 unspecified atom stereocenters. The summed E-state index contributed by atoms with van der Waals surface area (Å²) in [5.41, 5.74) is -0.189. The fourth-order valence-corrected chi connectivity index (χ4v) is 3.82. The SMILES string of the molecule is CCC=CCC=CCC=CCC=CCC=CCC=CCCCOC(CC)C(=O)NCCOC(=O)Nc1ccc(O)c(C(=O)O)c1. The molecule has 246 valence electrons. The van der Waals surface area contributed by atoms with Crippen LogP contribution in [-0.2, 0) is 14.3 Å². The smallest absolute Gasteiger partial charge is 0.411 e. The number of carbonyl (C=O) groups excluding carboxylic acids is 2. The minimum atomic E-state index is -1.33. The second-order valence-corrected chi connectivity index (χ2v) is 9.91. The van der Waals surface area contributed by atoms with Crippen molar-refractivity contribution in [3.8, 4) is 5.75 Å². The molecule has 9 nitrogen and oxygen atoms in total. The van der Waals surface area contributed by atoms with E-state index in [9.17, 15) is 19.5 Å². The van der Waals surface area contributed by atoms with Crippen molar-refractivity contribution in [2.75, 3.05) is 25.1 Å². The monoisotopic (exact) mass is 622 g/mol. The molecule has 45 heavy (non-hydrogen) atoms. The van der Waals surface area contributed by atoms with Gasteiger partial charge in [-0.05, 0) is 76.0 Å². The number of nitrogens with one attached hydrogen (secondary N) is 2. The third-order valence-corrected chi connectivity index (χ3v) is 6.20. The van der Waals surface area contributed by atoms with Crippen LogP contribution in [-0.4, -0.2) is 54.0 Å². The zero-order chi connectivity index (χ0) is 33.0. The largest absolute Gasteiger partial charge is 0.507 e. The summed E-state index contributed by atoms with van der Waals surface area (Å²) in [5, 5.41) is 23.6. The van der Waals surface area contributed by atoms with Crippen LogP contribution in [0.4, 0.5) is 10.5 Å². The lowest BCUT2D eigenvalue weighted by Gasteiger charge is -2.16. The Morgan fingerprint density at radius 3 is 1.89 bits per heavy atom. The van der Waals surface area contributed by atoms with Gasteiger partial charge in [0.2, 0.25) is 5.91 Å². The van der Waals surface area contributed by atoms with E-state index < -0.39 is 23.9 Å². The maximum atomic E-state index is 12.4. The van der Waals surface area contributed by atoms with Crippen molar-refractivity contribution < 1.29 is 34.1 Å². The number of hydrogen-bond donors (Lipinski definition) is 4. The molecule has 9 heteroatoms. The van der Waals surface area contributed by atoms with E-state index in [1.807, 2.05) is 6.92 Å². The molecule has 0 bridgehead atoms. The van der Waals surface area contributed by atoms with Gasteiger partial charge in [0.1, 0.15) is 24.0 Å². The summed E-state index contributed by atoms with van der Waals surface area (Å²) in [4.78, 5) is 35.4. The van der Waals surface area contributed by atoms with Crippen molar-refractivity contribution in [1.29, 1.82) is 0 Å². The summed E-state index contributed by atoms with van der Waals surface area (Å²) in [5.74, 6) is -2.01. The highest BCUT2D eigenvalue weighted by Crippen LogP contribution is 2.21. The maximum Gasteiger partial charge on any atom is 0.411 e. The van der Waals surface area contributed by atoms with Crippen LogP contribution in [0.2, 0.25) is 0 Å². The van der Waals surface area contributed by atoms with Gasteiger partial charge < -0.3 is 25.0 Å². The van der Waals surface area contributed by atoms with Crippen LogP contribution >= 0.6 is 0 Å². The molecule has 4 N–H and O–H groups in total. The summed E-state index contributed by atoms with van der Waals surface area (Å²) < 4.78 is 10.7. The van der Waals surface area contributed by atoms with Crippen molar-refractivity contribution in [3.63, 3.8) is 0 Å². The summed E-state index contributed by atoms with van der Waals surface area (Å²) in [7, 11) is 0. The van der Waals surface area contributed by atoms with E-state index in [-0.39, 0.29) is 30.3 Å². The standard InChI is InChI=1S/C36H50N2O7/c1-3-5-6-7-8-9-10-11-12-13-14-15-16-17-18-19-20-21-22-23-27-44-33(4-2)34(40)37-26-28-45-36(43)38-30-24-25-32(39)31(29-30)35(41)42/h5-6,8-9,11-12,14-15,17-18,20-21,24-25,29,33,39H,3-4,7,10,13,16,19,22-23,26-28H2,1-2H3,(H,37,40)(H,38,43)(H,41,42). The summed E-state index contributed by atoms with van der Waals surface area (Å²) >= 11 is 0. The number of unbranched alkanes of at least 4 members (excludes halogenated alkanes) is 1. The molecule has 0 saturated heterocycles. The number of anilines is 1. The summed E-state index contributed by atoms with van der Waals surface area (Å²) in [6.45, 7) is 4.48. The van der Waals surface area contributed by atoms with Crippen LogP contribution in [0.25, 0.3) is 0 Å². The summed E-state index contributed by atoms with van der Waals surface area (Å²) in [6.07, 6.45) is 32.7.